The summed E-state index contributed by atoms with van der Waals surface area (Å²) >= 11 is 0. The van der Waals surface area contributed by atoms with Gasteiger partial charge in [-0.05, 0) is 11.6 Å². The summed E-state index contributed by atoms with van der Waals surface area (Å²) in [5.41, 5.74) is 9.02. The summed E-state index contributed by atoms with van der Waals surface area (Å²) in [4.78, 5) is 15.5. The molecule has 94 valence electrons. The number of nitrogens with one attached hydrogen (secondary N) is 1. The summed E-state index contributed by atoms with van der Waals surface area (Å²) in [6, 6.07) is 17.6. The van der Waals surface area contributed by atoms with Crippen LogP contribution in [0.2, 0.25) is 0 Å². The first-order valence-electron chi connectivity index (χ1n) is 6.20. The van der Waals surface area contributed by atoms with Crippen molar-refractivity contribution in [2.75, 3.05) is 6.54 Å². The van der Waals surface area contributed by atoms with E-state index in [4.69, 9.17) is 5.73 Å². The van der Waals surface area contributed by atoms with Gasteiger partial charge in [-0.2, -0.15) is 0 Å². The van der Waals surface area contributed by atoms with Crippen LogP contribution in [0.3, 0.4) is 0 Å². The molecule has 0 saturated carbocycles. The third-order valence-corrected chi connectivity index (χ3v) is 3.23. The number of Topliss-reactive ketones (excluding diaryl/α,β-unsaturated/α-hetero) is 1. The molecule has 0 aliphatic heterocycles. The molecule has 1 heterocycles. The van der Waals surface area contributed by atoms with Crippen molar-refractivity contribution in [1.29, 1.82) is 0 Å². The number of H-pyrrole nitrogens is 1. The highest BCUT2D eigenvalue weighted by Gasteiger charge is 2.17. The molecule has 2 aromatic carbocycles. The molecular formula is C16H14N2O. The van der Waals surface area contributed by atoms with Gasteiger partial charge >= 0.3 is 0 Å². The molecule has 0 aliphatic rings. The zero-order valence-electron chi connectivity index (χ0n) is 10.4. The Morgan fingerprint density at radius 3 is 2.42 bits per heavy atom. The Balaban J connectivity index is 2.32. The number of carbonyl (C=O) groups excluding carboxylic acids is 1. The first kappa shape index (κ1) is 11.7. The molecule has 0 bridgehead atoms. The second kappa shape index (κ2) is 4.71. The SMILES string of the molecule is NCC(=O)c1c(-c2ccccc2)[nH]c2ccccc12. The summed E-state index contributed by atoms with van der Waals surface area (Å²) in [5.74, 6) is -0.0451. The number of hydrogen-bond acceptors (Lipinski definition) is 2. The lowest BCUT2D eigenvalue weighted by Gasteiger charge is -2.02. The quantitative estimate of drug-likeness (QED) is 0.702. The van der Waals surface area contributed by atoms with Gasteiger partial charge in [0, 0.05) is 10.9 Å². The van der Waals surface area contributed by atoms with Crippen LogP contribution in [0.25, 0.3) is 22.2 Å². The number of rotatable bonds is 3. The molecule has 0 spiro atoms. The Labute approximate surface area is 111 Å². The minimum absolute atomic E-state index is 0.0156. The summed E-state index contributed by atoms with van der Waals surface area (Å²) in [6.45, 7) is 0.0156. The molecule has 0 fully saturated rings. The normalized spacial score (nSPS) is 10.8. The highest BCUT2D eigenvalue weighted by atomic mass is 16.1. The standard InChI is InChI=1S/C16H14N2O/c17-10-14(19)15-12-8-4-5-9-13(12)18-16(15)11-6-2-1-3-7-11/h1-9,18H,10,17H2. The molecule has 3 nitrogen and oxygen atoms in total. The molecule has 3 N–H and O–H groups in total. The molecule has 1 aromatic heterocycles. The van der Waals surface area contributed by atoms with Crippen LogP contribution < -0.4 is 5.73 Å². The Morgan fingerprint density at radius 2 is 1.68 bits per heavy atom. The van der Waals surface area contributed by atoms with Gasteiger partial charge in [0.2, 0.25) is 0 Å². The number of nitrogens with two attached hydrogens (primary N) is 1. The summed E-state index contributed by atoms with van der Waals surface area (Å²) in [5, 5.41) is 0.928. The Morgan fingerprint density at radius 1 is 1.00 bits per heavy atom. The zero-order valence-corrected chi connectivity index (χ0v) is 10.4. The van der Waals surface area contributed by atoms with Gasteiger partial charge in [0.25, 0.3) is 0 Å². The fourth-order valence-corrected chi connectivity index (χ4v) is 2.35. The largest absolute Gasteiger partial charge is 0.354 e. The number of para-hydroxylation sites is 1. The van der Waals surface area contributed by atoms with Crippen LogP contribution >= 0.6 is 0 Å². The molecule has 0 aliphatic carbocycles. The van der Waals surface area contributed by atoms with E-state index < -0.39 is 0 Å². The van der Waals surface area contributed by atoms with Gasteiger partial charge in [0.1, 0.15) is 0 Å². The average Bonchev–Trinajstić information content (AvgIpc) is 2.87. The van der Waals surface area contributed by atoms with Crippen molar-refractivity contribution in [3.05, 3.63) is 60.2 Å². The molecule has 0 atom stereocenters. The fraction of sp³-hybridized carbons (Fsp3) is 0.0625. The Bertz CT molecular complexity index is 729. The highest BCUT2D eigenvalue weighted by molar-refractivity contribution is 6.14. The number of aromatic nitrogens is 1. The van der Waals surface area contributed by atoms with Crippen molar-refractivity contribution < 1.29 is 4.79 Å². The van der Waals surface area contributed by atoms with Gasteiger partial charge in [0.05, 0.1) is 17.8 Å². The van der Waals surface area contributed by atoms with Crippen LogP contribution in [-0.4, -0.2) is 17.3 Å². The number of fused-ring (bicyclic) bond motifs is 1. The van der Waals surface area contributed by atoms with Gasteiger partial charge in [-0.15, -0.1) is 0 Å². The van der Waals surface area contributed by atoms with Crippen molar-refractivity contribution in [2.45, 2.75) is 0 Å². The van der Waals surface area contributed by atoms with E-state index in [1.807, 2.05) is 54.6 Å². The maximum absolute atomic E-state index is 12.1. The highest BCUT2D eigenvalue weighted by Crippen LogP contribution is 2.30. The molecule has 19 heavy (non-hydrogen) atoms. The van der Waals surface area contributed by atoms with E-state index in [9.17, 15) is 4.79 Å². The smallest absolute Gasteiger partial charge is 0.179 e. The number of hydrogen-bond donors (Lipinski definition) is 2. The second-order valence-corrected chi connectivity index (χ2v) is 4.41. The first-order valence-corrected chi connectivity index (χ1v) is 6.20. The van der Waals surface area contributed by atoms with Gasteiger partial charge in [-0.3, -0.25) is 4.79 Å². The van der Waals surface area contributed by atoms with E-state index in [1.54, 1.807) is 0 Å². The molecule has 0 unspecified atom stereocenters. The fourth-order valence-electron chi connectivity index (χ4n) is 2.35. The van der Waals surface area contributed by atoms with Crippen LogP contribution in [0, 0.1) is 0 Å². The minimum Gasteiger partial charge on any atom is -0.354 e. The van der Waals surface area contributed by atoms with Gasteiger partial charge in [-0.25, -0.2) is 0 Å². The van der Waals surface area contributed by atoms with Crippen LogP contribution in [0.5, 0.6) is 0 Å². The third kappa shape index (κ3) is 1.94. The van der Waals surface area contributed by atoms with Crippen LogP contribution in [0.4, 0.5) is 0 Å². The third-order valence-electron chi connectivity index (χ3n) is 3.23. The Kier molecular flexibility index (Phi) is 2.89. The molecular weight excluding hydrogens is 236 g/mol. The summed E-state index contributed by atoms with van der Waals surface area (Å²) < 4.78 is 0. The topological polar surface area (TPSA) is 58.9 Å². The number of benzene rings is 2. The van der Waals surface area contributed by atoms with Gasteiger partial charge < -0.3 is 10.7 Å². The van der Waals surface area contributed by atoms with E-state index in [2.05, 4.69) is 4.98 Å². The van der Waals surface area contributed by atoms with Crippen molar-refractivity contribution in [2.24, 2.45) is 5.73 Å². The monoisotopic (exact) mass is 250 g/mol. The average molecular weight is 250 g/mol. The lowest BCUT2D eigenvalue weighted by atomic mass is 10.0. The van der Waals surface area contributed by atoms with E-state index in [0.717, 1.165) is 22.2 Å². The van der Waals surface area contributed by atoms with E-state index in [1.165, 1.54) is 0 Å². The maximum atomic E-state index is 12.1. The maximum Gasteiger partial charge on any atom is 0.179 e. The van der Waals surface area contributed by atoms with Crippen LogP contribution in [0.15, 0.2) is 54.6 Å². The summed E-state index contributed by atoms with van der Waals surface area (Å²) in [6.07, 6.45) is 0. The number of ketones is 1. The van der Waals surface area contributed by atoms with E-state index in [0.29, 0.717) is 5.56 Å². The lowest BCUT2D eigenvalue weighted by molar-refractivity contribution is 0.100. The Hall–Kier alpha value is -2.39. The molecule has 0 amide bonds. The first-order chi connectivity index (χ1) is 9.31. The molecule has 3 rings (SSSR count). The van der Waals surface area contributed by atoms with Crippen molar-refractivity contribution >= 4 is 16.7 Å². The van der Waals surface area contributed by atoms with E-state index >= 15 is 0 Å². The van der Waals surface area contributed by atoms with Gasteiger partial charge in [0.15, 0.2) is 5.78 Å². The lowest BCUT2D eigenvalue weighted by Crippen LogP contribution is -2.14. The molecule has 0 radical (unpaired) electrons. The molecule has 3 heteroatoms. The number of carbonyl (C=O) groups is 1. The van der Waals surface area contributed by atoms with E-state index in [-0.39, 0.29) is 12.3 Å². The van der Waals surface area contributed by atoms with Crippen molar-refractivity contribution in [1.82, 2.24) is 4.98 Å². The summed E-state index contributed by atoms with van der Waals surface area (Å²) in [7, 11) is 0. The minimum atomic E-state index is -0.0451. The van der Waals surface area contributed by atoms with Gasteiger partial charge in [-0.1, -0.05) is 48.5 Å². The predicted octanol–water partition coefficient (Wildman–Crippen LogP) is 2.98. The second-order valence-electron chi connectivity index (χ2n) is 4.41. The number of aromatic amines is 1. The predicted molar refractivity (Wildman–Crippen MR) is 77.1 cm³/mol. The molecule has 3 aromatic rings. The van der Waals surface area contributed by atoms with Crippen LogP contribution in [0.1, 0.15) is 10.4 Å². The van der Waals surface area contributed by atoms with Crippen LogP contribution in [-0.2, 0) is 0 Å². The van der Waals surface area contributed by atoms with Crippen molar-refractivity contribution in [3.63, 3.8) is 0 Å². The molecule has 0 saturated heterocycles. The zero-order chi connectivity index (χ0) is 13.2. The van der Waals surface area contributed by atoms with Crippen molar-refractivity contribution in [3.8, 4) is 11.3 Å².